The lowest BCUT2D eigenvalue weighted by molar-refractivity contribution is 0.355. The van der Waals surface area contributed by atoms with Gasteiger partial charge in [0.1, 0.15) is 0 Å². The van der Waals surface area contributed by atoms with Crippen LogP contribution in [0.4, 0.5) is 0 Å². The van der Waals surface area contributed by atoms with E-state index in [-0.39, 0.29) is 0 Å². The molecule has 0 aliphatic carbocycles. The number of methoxy groups -OCH3 is 2. The lowest BCUT2D eigenvalue weighted by Crippen LogP contribution is -1.91. The third-order valence-corrected chi connectivity index (χ3v) is 3.08. The van der Waals surface area contributed by atoms with Crippen LogP contribution in [0.2, 0.25) is 0 Å². The van der Waals surface area contributed by atoms with E-state index in [1.165, 1.54) is 0 Å². The Bertz CT molecular complexity index is 496. The van der Waals surface area contributed by atoms with Crippen LogP contribution < -0.4 is 9.47 Å². The smallest absolute Gasteiger partial charge is 0.161 e. The summed E-state index contributed by atoms with van der Waals surface area (Å²) >= 11 is 2.24. The van der Waals surface area contributed by atoms with Gasteiger partial charge < -0.3 is 9.47 Å². The van der Waals surface area contributed by atoms with Gasteiger partial charge in [-0.2, -0.15) is 5.10 Å². The highest BCUT2D eigenvalue weighted by atomic mass is 127. The van der Waals surface area contributed by atoms with Crippen LogP contribution in [0.25, 0.3) is 11.3 Å². The van der Waals surface area contributed by atoms with Gasteiger partial charge in [0, 0.05) is 5.56 Å². The predicted molar refractivity (Wildman–Crippen MR) is 69.8 cm³/mol. The minimum atomic E-state index is 0.713. The first-order valence-electron chi connectivity index (χ1n) is 4.67. The molecule has 1 heterocycles. The molecule has 0 spiro atoms. The van der Waals surface area contributed by atoms with Crippen molar-refractivity contribution in [3.8, 4) is 22.8 Å². The number of hydrogen-bond acceptors (Lipinski definition) is 3. The molecular weight excluding hydrogens is 319 g/mol. The van der Waals surface area contributed by atoms with Crippen molar-refractivity contribution >= 4 is 22.6 Å². The maximum absolute atomic E-state index is 5.25. The highest BCUT2D eigenvalue weighted by Crippen LogP contribution is 2.32. The Kier molecular flexibility index (Phi) is 3.33. The number of benzene rings is 1. The van der Waals surface area contributed by atoms with Gasteiger partial charge in [-0.25, -0.2) is 0 Å². The van der Waals surface area contributed by atoms with E-state index in [4.69, 9.17) is 9.47 Å². The third-order valence-electron chi connectivity index (χ3n) is 2.27. The molecule has 5 heteroatoms. The number of aromatic nitrogens is 2. The Labute approximate surface area is 107 Å². The van der Waals surface area contributed by atoms with Crippen molar-refractivity contribution in [1.29, 1.82) is 0 Å². The van der Waals surface area contributed by atoms with Crippen LogP contribution in [0.3, 0.4) is 0 Å². The van der Waals surface area contributed by atoms with Crippen molar-refractivity contribution in [2.24, 2.45) is 0 Å². The van der Waals surface area contributed by atoms with Crippen molar-refractivity contribution in [2.45, 2.75) is 0 Å². The summed E-state index contributed by atoms with van der Waals surface area (Å²) < 4.78 is 11.5. The molecule has 0 radical (unpaired) electrons. The van der Waals surface area contributed by atoms with E-state index >= 15 is 0 Å². The molecule has 0 aliphatic rings. The monoisotopic (exact) mass is 330 g/mol. The van der Waals surface area contributed by atoms with Crippen molar-refractivity contribution in [1.82, 2.24) is 10.2 Å². The number of rotatable bonds is 3. The normalized spacial score (nSPS) is 10.2. The summed E-state index contributed by atoms with van der Waals surface area (Å²) in [5.74, 6) is 1.44. The minimum Gasteiger partial charge on any atom is -0.493 e. The van der Waals surface area contributed by atoms with E-state index in [2.05, 4.69) is 32.8 Å². The second kappa shape index (κ2) is 4.73. The van der Waals surface area contributed by atoms with E-state index in [0.29, 0.717) is 5.75 Å². The molecule has 1 N–H and O–H groups in total. The number of aromatic amines is 1. The Balaban J connectivity index is 2.48. The molecule has 84 valence electrons. The molecule has 1 aromatic heterocycles. The number of nitrogens with one attached hydrogen (secondary N) is 1. The zero-order valence-electron chi connectivity index (χ0n) is 8.95. The summed E-state index contributed by atoms with van der Waals surface area (Å²) in [4.78, 5) is 0. The van der Waals surface area contributed by atoms with E-state index < -0.39 is 0 Å². The van der Waals surface area contributed by atoms with Crippen LogP contribution in [0.5, 0.6) is 11.5 Å². The molecule has 2 rings (SSSR count). The molecule has 0 unspecified atom stereocenters. The van der Waals surface area contributed by atoms with Crippen LogP contribution in [0, 0.1) is 3.57 Å². The van der Waals surface area contributed by atoms with E-state index in [1.807, 2.05) is 18.2 Å². The molecule has 4 nitrogen and oxygen atoms in total. The van der Waals surface area contributed by atoms with Crippen LogP contribution in [-0.4, -0.2) is 24.4 Å². The Morgan fingerprint density at radius 3 is 2.50 bits per heavy atom. The average Bonchev–Trinajstić information content (AvgIpc) is 2.74. The van der Waals surface area contributed by atoms with Crippen LogP contribution in [-0.2, 0) is 0 Å². The van der Waals surface area contributed by atoms with Gasteiger partial charge in [-0.3, -0.25) is 5.10 Å². The molecule has 0 bridgehead atoms. The summed E-state index contributed by atoms with van der Waals surface area (Å²) in [7, 11) is 3.25. The second-order valence-corrected chi connectivity index (χ2v) is 4.32. The van der Waals surface area contributed by atoms with Gasteiger partial charge in [-0.15, -0.1) is 0 Å². The molecule has 16 heavy (non-hydrogen) atoms. The summed E-state index contributed by atoms with van der Waals surface area (Å²) in [6.45, 7) is 0. The number of halogens is 1. The van der Waals surface area contributed by atoms with Gasteiger partial charge in [-0.05, 0) is 40.8 Å². The summed E-state index contributed by atoms with van der Waals surface area (Å²) in [5.41, 5.74) is 2.01. The fourth-order valence-corrected chi connectivity index (χ4v) is 2.04. The first-order valence-corrected chi connectivity index (χ1v) is 5.75. The minimum absolute atomic E-state index is 0.713. The highest BCUT2D eigenvalue weighted by Gasteiger charge is 2.09. The zero-order chi connectivity index (χ0) is 11.5. The van der Waals surface area contributed by atoms with Gasteiger partial charge in [0.2, 0.25) is 0 Å². The Hall–Kier alpha value is -1.24. The lowest BCUT2D eigenvalue weighted by Gasteiger charge is -2.08. The summed E-state index contributed by atoms with van der Waals surface area (Å²) in [6, 6.07) is 5.77. The fourth-order valence-electron chi connectivity index (χ4n) is 1.47. The highest BCUT2D eigenvalue weighted by molar-refractivity contribution is 14.1. The molecule has 0 aliphatic heterocycles. The zero-order valence-corrected chi connectivity index (χ0v) is 11.1. The largest absolute Gasteiger partial charge is 0.493 e. The van der Waals surface area contributed by atoms with E-state index in [9.17, 15) is 0 Å². The summed E-state index contributed by atoms with van der Waals surface area (Å²) in [5, 5.41) is 6.95. The maximum Gasteiger partial charge on any atom is 0.161 e. The Morgan fingerprint density at radius 1 is 1.19 bits per heavy atom. The van der Waals surface area contributed by atoms with Gasteiger partial charge in [0.05, 0.1) is 29.7 Å². The first-order chi connectivity index (χ1) is 7.76. The fraction of sp³-hybridized carbons (Fsp3) is 0.182. The third kappa shape index (κ3) is 1.99. The van der Waals surface area contributed by atoms with Crippen molar-refractivity contribution in [3.05, 3.63) is 28.0 Å². The van der Waals surface area contributed by atoms with Crippen molar-refractivity contribution in [3.63, 3.8) is 0 Å². The SMILES string of the molecule is COc1ccc(-c2[nH]ncc2I)cc1OC. The van der Waals surface area contributed by atoms with Crippen LogP contribution in [0.15, 0.2) is 24.4 Å². The van der Waals surface area contributed by atoms with Crippen molar-refractivity contribution in [2.75, 3.05) is 14.2 Å². The molecular formula is C11H11IN2O2. The van der Waals surface area contributed by atoms with Gasteiger partial charge in [0.15, 0.2) is 11.5 Å². The molecule has 0 atom stereocenters. The molecule has 0 fully saturated rings. The van der Waals surface area contributed by atoms with Gasteiger partial charge in [-0.1, -0.05) is 0 Å². The Morgan fingerprint density at radius 2 is 1.94 bits per heavy atom. The van der Waals surface area contributed by atoms with Gasteiger partial charge >= 0.3 is 0 Å². The molecule has 2 aromatic rings. The quantitative estimate of drug-likeness (QED) is 0.881. The lowest BCUT2D eigenvalue weighted by atomic mass is 10.1. The topological polar surface area (TPSA) is 47.1 Å². The number of nitrogens with zero attached hydrogens (tertiary/aromatic N) is 1. The number of hydrogen-bond donors (Lipinski definition) is 1. The van der Waals surface area contributed by atoms with Gasteiger partial charge in [0.25, 0.3) is 0 Å². The van der Waals surface area contributed by atoms with E-state index in [1.54, 1.807) is 20.4 Å². The summed E-state index contributed by atoms with van der Waals surface area (Å²) in [6.07, 6.45) is 1.78. The predicted octanol–water partition coefficient (Wildman–Crippen LogP) is 2.70. The number of ether oxygens (including phenoxy) is 2. The molecule has 0 saturated carbocycles. The van der Waals surface area contributed by atoms with Crippen LogP contribution >= 0.6 is 22.6 Å². The first kappa shape index (κ1) is 11.3. The molecule has 0 saturated heterocycles. The standard InChI is InChI=1S/C11H11IN2O2/c1-15-9-4-3-7(5-10(9)16-2)11-8(12)6-13-14-11/h3-6H,1-2H3,(H,13,14). The average molecular weight is 330 g/mol. The number of H-pyrrole nitrogens is 1. The van der Waals surface area contributed by atoms with Crippen LogP contribution in [0.1, 0.15) is 0 Å². The maximum atomic E-state index is 5.25. The molecule has 1 aromatic carbocycles. The van der Waals surface area contributed by atoms with Crippen molar-refractivity contribution < 1.29 is 9.47 Å². The molecule has 0 amide bonds. The van der Waals surface area contributed by atoms with E-state index in [0.717, 1.165) is 20.6 Å². The second-order valence-electron chi connectivity index (χ2n) is 3.16.